The smallest absolute Gasteiger partial charge is 0.292 e. The topological polar surface area (TPSA) is 48.5 Å². The summed E-state index contributed by atoms with van der Waals surface area (Å²) in [6, 6.07) is 13.9. The molecule has 0 saturated heterocycles. The molecule has 2 aromatic heterocycles. The number of nitrogens with one attached hydrogen (secondary N) is 1. The van der Waals surface area contributed by atoms with Gasteiger partial charge in [-0.2, -0.15) is 4.68 Å². The molecule has 0 fully saturated rings. The van der Waals surface area contributed by atoms with Crippen LogP contribution in [0, 0.1) is 4.84 Å². The zero-order valence-electron chi connectivity index (χ0n) is 11.7. The Morgan fingerprint density at radius 2 is 2.00 bits per heavy atom. The molecule has 0 aliphatic heterocycles. The first-order valence-electron chi connectivity index (χ1n) is 6.69. The van der Waals surface area contributed by atoms with Gasteiger partial charge in [0.2, 0.25) is 0 Å². The highest BCUT2D eigenvalue weighted by Gasteiger charge is 2.13. The zero-order chi connectivity index (χ0) is 14.7. The highest BCUT2D eigenvalue weighted by Crippen LogP contribution is 2.17. The molecular formula is C15H16N3O2S+. The van der Waals surface area contributed by atoms with Gasteiger partial charge in [-0.15, -0.1) is 5.10 Å². The normalized spacial score (nSPS) is 12.4. The highest BCUT2D eigenvalue weighted by atomic mass is 32.1. The Bertz CT molecular complexity index is 747. The Hall–Kier alpha value is -2.18. The van der Waals surface area contributed by atoms with Gasteiger partial charge in [0.05, 0.1) is 13.3 Å². The van der Waals surface area contributed by atoms with Crippen molar-refractivity contribution in [3.63, 3.8) is 0 Å². The largest absolute Gasteiger partial charge is 0.459 e. The van der Waals surface area contributed by atoms with Gasteiger partial charge >= 0.3 is 0 Å². The Balaban J connectivity index is 1.72. The molecule has 1 aromatic carbocycles. The number of furan rings is 1. The van der Waals surface area contributed by atoms with E-state index < -0.39 is 0 Å². The lowest BCUT2D eigenvalue weighted by molar-refractivity contribution is -0.917. The molecule has 3 rings (SSSR count). The molecule has 0 radical (unpaired) electrons. The van der Waals surface area contributed by atoms with Gasteiger partial charge in [0.1, 0.15) is 6.54 Å². The van der Waals surface area contributed by atoms with Crippen molar-refractivity contribution in [1.29, 1.82) is 0 Å². The molecule has 0 bridgehead atoms. The predicted molar refractivity (Wildman–Crippen MR) is 80.1 cm³/mol. The van der Waals surface area contributed by atoms with E-state index in [0.717, 1.165) is 6.54 Å². The predicted octanol–water partition coefficient (Wildman–Crippen LogP) is 2.14. The highest BCUT2D eigenvalue weighted by molar-refractivity contribution is 7.71. The van der Waals surface area contributed by atoms with Gasteiger partial charge in [0.25, 0.3) is 10.7 Å². The van der Waals surface area contributed by atoms with Crippen LogP contribution < -0.4 is 4.90 Å². The molecule has 0 amide bonds. The number of rotatable bonds is 5. The van der Waals surface area contributed by atoms with E-state index >= 15 is 0 Å². The van der Waals surface area contributed by atoms with Crippen LogP contribution in [-0.4, -0.2) is 16.8 Å². The number of nitrogens with zero attached hydrogens (tertiary/aromatic N) is 2. The van der Waals surface area contributed by atoms with Crippen LogP contribution in [-0.2, 0) is 13.2 Å². The van der Waals surface area contributed by atoms with Crippen molar-refractivity contribution in [2.75, 3.05) is 7.05 Å². The quantitative estimate of drug-likeness (QED) is 0.734. The molecule has 21 heavy (non-hydrogen) atoms. The standard InChI is InChI=1S/C15H15N3O2S/c1-17(10-12-6-3-2-4-7-12)11-18-15(21)20-14(16-18)13-8-5-9-19-13/h2-9H,10-11H2,1H3/p+1. The second-order valence-corrected chi connectivity index (χ2v) is 5.28. The Morgan fingerprint density at radius 3 is 2.71 bits per heavy atom. The van der Waals surface area contributed by atoms with E-state index in [-0.39, 0.29) is 0 Å². The minimum absolute atomic E-state index is 0.355. The molecule has 2 heterocycles. The summed E-state index contributed by atoms with van der Waals surface area (Å²) in [5.41, 5.74) is 1.27. The van der Waals surface area contributed by atoms with Gasteiger partial charge in [-0.05, 0) is 24.4 Å². The van der Waals surface area contributed by atoms with Crippen molar-refractivity contribution in [2.24, 2.45) is 0 Å². The first-order valence-corrected chi connectivity index (χ1v) is 7.10. The average molecular weight is 302 g/mol. The van der Waals surface area contributed by atoms with Gasteiger partial charge in [-0.3, -0.25) is 0 Å². The Kier molecular flexibility index (Phi) is 3.98. The minimum atomic E-state index is 0.355. The fourth-order valence-corrected chi connectivity index (χ4v) is 2.35. The van der Waals surface area contributed by atoms with E-state index in [1.54, 1.807) is 23.1 Å². The third-order valence-corrected chi connectivity index (χ3v) is 3.40. The molecule has 0 spiro atoms. The van der Waals surface area contributed by atoms with Crippen LogP contribution in [0.4, 0.5) is 0 Å². The maximum Gasteiger partial charge on any atom is 0.292 e. The van der Waals surface area contributed by atoms with E-state index in [1.807, 2.05) is 18.2 Å². The number of quaternary nitrogens is 1. The molecule has 108 valence electrons. The van der Waals surface area contributed by atoms with Crippen molar-refractivity contribution in [3.05, 3.63) is 59.1 Å². The number of hydrogen-bond donors (Lipinski definition) is 1. The minimum Gasteiger partial charge on any atom is -0.459 e. The van der Waals surface area contributed by atoms with Crippen molar-refractivity contribution in [1.82, 2.24) is 9.78 Å². The van der Waals surface area contributed by atoms with Crippen LogP contribution in [0.2, 0.25) is 0 Å². The molecule has 1 N–H and O–H groups in total. The first-order chi connectivity index (χ1) is 10.2. The summed E-state index contributed by atoms with van der Waals surface area (Å²) in [7, 11) is 2.09. The SMILES string of the molecule is C[NH+](Cc1ccccc1)Cn1nc(-c2ccco2)oc1=S. The molecule has 1 unspecified atom stereocenters. The van der Waals surface area contributed by atoms with Gasteiger partial charge in [0.15, 0.2) is 12.4 Å². The second-order valence-electron chi connectivity index (χ2n) is 4.93. The van der Waals surface area contributed by atoms with Crippen LogP contribution in [0.1, 0.15) is 5.56 Å². The fourth-order valence-electron chi connectivity index (χ4n) is 2.16. The number of hydrogen-bond acceptors (Lipinski definition) is 4. The lowest BCUT2D eigenvalue weighted by Gasteiger charge is -2.13. The van der Waals surface area contributed by atoms with E-state index in [2.05, 4.69) is 24.3 Å². The zero-order valence-corrected chi connectivity index (χ0v) is 12.5. The third-order valence-electron chi connectivity index (χ3n) is 3.11. The van der Waals surface area contributed by atoms with E-state index in [1.165, 1.54) is 10.5 Å². The maximum atomic E-state index is 5.47. The molecule has 6 heteroatoms. The molecule has 0 aliphatic rings. The first kappa shape index (κ1) is 13.8. The maximum absolute atomic E-state index is 5.47. The van der Waals surface area contributed by atoms with Crippen LogP contribution in [0.25, 0.3) is 11.7 Å². The third kappa shape index (κ3) is 3.29. The lowest BCUT2D eigenvalue weighted by atomic mass is 10.2. The van der Waals surface area contributed by atoms with E-state index in [4.69, 9.17) is 21.1 Å². The fraction of sp³-hybridized carbons (Fsp3) is 0.200. The van der Waals surface area contributed by atoms with Crippen LogP contribution in [0.3, 0.4) is 0 Å². The van der Waals surface area contributed by atoms with Crippen molar-refractivity contribution in [2.45, 2.75) is 13.2 Å². The van der Waals surface area contributed by atoms with Crippen molar-refractivity contribution >= 4 is 12.2 Å². The van der Waals surface area contributed by atoms with Crippen molar-refractivity contribution in [3.8, 4) is 11.7 Å². The summed E-state index contributed by atoms with van der Waals surface area (Å²) in [4.78, 5) is 1.62. The molecule has 0 aliphatic carbocycles. The van der Waals surface area contributed by atoms with Crippen LogP contribution in [0.5, 0.6) is 0 Å². The monoisotopic (exact) mass is 302 g/mol. The average Bonchev–Trinajstić information content (AvgIpc) is 3.10. The number of aromatic nitrogens is 2. The Morgan fingerprint density at radius 1 is 1.19 bits per heavy atom. The summed E-state index contributed by atoms with van der Waals surface area (Å²) in [6.07, 6.45) is 1.58. The molecule has 5 nitrogen and oxygen atoms in total. The summed E-state index contributed by atoms with van der Waals surface area (Å²) in [5.74, 6) is 0.998. The molecule has 0 saturated carbocycles. The van der Waals surface area contributed by atoms with E-state index in [9.17, 15) is 0 Å². The van der Waals surface area contributed by atoms with Gasteiger partial charge < -0.3 is 13.7 Å². The summed E-state index contributed by atoms with van der Waals surface area (Å²) in [5, 5.41) is 4.37. The number of benzene rings is 1. The summed E-state index contributed by atoms with van der Waals surface area (Å²) in [6.45, 7) is 1.53. The van der Waals surface area contributed by atoms with Crippen LogP contribution in [0.15, 0.2) is 57.6 Å². The molecular weight excluding hydrogens is 286 g/mol. The van der Waals surface area contributed by atoms with Crippen LogP contribution >= 0.6 is 12.2 Å². The summed E-state index contributed by atoms with van der Waals surface area (Å²) < 4.78 is 12.4. The van der Waals surface area contributed by atoms with Gasteiger partial charge in [0, 0.05) is 5.56 Å². The van der Waals surface area contributed by atoms with Gasteiger partial charge in [-0.1, -0.05) is 30.3 Å². The van der Waals surface area contributed by atoms with Gasteiger partial charge in [-0.25, -0.2) is 0 Å². The lowest BCUT2D eigenvalue weighted by Crippen LogP contribution is -3.07. The molecule has 3 aromatic rings. The summed E-state index contributed by atoms with van der Waals surface area (Å²) >= 11 is 5.21. The van der Waals surface area contributed by atoms with E-state index in [0.29, 0.717) is 23.2 Å². The Labute approximate surface area is 127 Å². The second kappa shape index (κ2) is 6.07. The molecule has 1 atom stereocenters. The van der Waals surface area contributed by atoms with Crippen molar-refractivity contribution < 1.29 is 13.7 Å².